The quantitative estimate of drug-likeness (QED) is 0.807. The molecular formula is C13H22N2O2S. The number of benzene rings is 1. The number of likely N-dealkylation sites (N-methyl/N-ethyl adjacent to an activating group) is 1. The second-order valence-corrected chi connectivity index (χ2v) is 6.93. The SMILES string of the molecule is CNCC(C)S(=O)(=O)N(C)CCc1ccccc1. The molecule has 1 N–H and O–H groups in total. The Kier molecular flexibility index (Phi) is 5.78. The molecule has 102 valence electrons. The van der Waals surface area contributed by atoms with Crippen LogP contribution in [0.3, 0.4) is 0 Å². The normalized spacial score (nSPS) is 13.8. The molecular weight excluding hydrogens is 248 g/mol. The Bertz CT molecular complexity index is 445. The largest absolute Gasteiger partial charge is 0.318 e. The number of nitrogens with one attached hydrogen (secondary N) is 1. The van der Waals surface area contributed by atoms with Gasteiger partial charge in [0, 0.05) is 20.1 Å². The molecule has 0 aliphatic heterocycles. The van der Waals surface area contributed by atoms with Crippen LogP contribution < -0.4 is 5.32 Å². The monoisotopic (exact) mass is 270 g/mol. The summed E-state index contributed by atoms with van der Waals surface area (Å²) in [5.74, 6) is 0. The van der Waals surface area contributed by atoms with Crippen LogP contribution in [0.5, 0.6) is 0 Å². The summed E-state index contributed by atoms with van der Waals surface area (Å²) in [5.41, 5.74) is 1.15. The molecule has 0 aliphatic rings. The van der Waals surface area contributed by atoms with Crippen LogP contribution in [0.1, 0.15) is 12.5 Å². The molecule has 4 nitrogen and oxygen atoms in total. The second-order valence-electron chi connectivity index (χ2n) is 4.47. The minimum absolute atomic E-state index is 0.400. The van der Waals surface area contributed by atoms with Gasteiger partial charge >= 0.3 is 0 Å². The van der Waals surface area contributed by atoms with E-state index in [4.69, 9.17) is 0 Å². The Morgan fingerprint density at radius 2 is 1.89 bits per heavy atom. The number of sulfonamides is 1. The summed E-state index contributed by atoms with van der Waals surface area (Å²) in [4.78, 5) is 0. The molecule has 0 spiro atoms. The van der Waals surface area contributed by atoms with Crippen LogP contribution in [0.4, 0.5) is 0 Å². The summed E-state index contributed by atoms with van der Waals surface area (Å²) in [7, 11) is 0.203. The molecule has 5 heteroatoms. The third kappa shape index (κ3) is 4.08. The van der Waals surface area contributed by atoms with Crippen molar-refractivity contribution in [2.75, 3.05) is 27.2 Å². The fourth-order valence-corrected chi connectivity index (χ4v) is 3.10. The van der Waals surface area contributed by atoms with Gasteiger partial charge in [0.1, 0.15) is 0 Å². The van der Waals surface area contributed by atoms with E-state index in [1.807, 2.05) is 30.3 Å². The lowest BCUT2D eigenvalue weighted by Gasteiger charge is -2.21. The molecule has 0 fully saturated rings. The molecule has 0 aliphatic carbocycles. The number of hydrogen-bond acceptors (Lipinski definition) is 3. The van der Waals surface area contributed by atoms with Crippen LogP contribution in [-0.2, 0) is 16.4 Å². The first-order valence-corrected chi connectivity index (χ1v) is 7.62. The van der Waals surface area contributed by atoms with Gasteiger partial charge in [0.25, 0.3) is 0 Å². The molecule has 0 saturated heterocycles. The highest BCUT2D eigenvalue weighted by molar-refractivity contribution is 7.89. The Hall–Kier alpha value is -0.910. The average molecular weight is 270 g/mol. The highest BCUT2D eigenvalue weighted by Crippen LogP contribution is 2.08. The van der Waals surface area contributed by atoms with Crippen molar-refractivity contribution >= 4 is 10.0 Å². The molecule has 0 bridgehead atoms. The third-order valence-corrected chi connectivity index (χ3v) is 5.23. The van der Waals surface area contributed by atoms with Crippen LogP contribution >= 0.6 is 0 Å². The zero-order chi connectivity index (χ0) is 13.6. The second kappa shape index (κ2) is 6.87. The van der Waals surface area contributed by atoms with Gasteiger partial charge in [-0.05, 0) is 26.0 Å². The molecule has 1 rings (SSSR count). The van der Waals surface area contributed by atoms with Crippen molar-refractivity contribution < 1.29 is 8.42 Å². The standard InChI is InChI=1S/C13H22N2O2S/c1-12(11-14-2)18(16,17)15(3)10-9-13-7-5-4-6-8-13/h4-8,12,14H,9-11H2,1-3H3. The van der Waals surface area contributed by atoms with E-state index in [0.29, 0.717) is 13.1 Å². The van der Waals surface area contributed by atoms with E-state index >= 15 is 0 Å². The maximum Gasteiger partial charge on any atom is 0.217 e. The van der Waals surface area contributed by atoms with Crippen molar-refractivity contribution in [2.45, 2.75) is 18.6 Å². The van der Waals surface area contributed by atoms with E-state index in [1.54, 1.807) is 21.0 Å². The minimum atomic E-state index is -3.20. The maximum absolute atomic E-state index is 12.1. The smallest absolute Gasteiger partial charge is 0.217 e. The van der Waals surface area contributed by atoms with E-state index in [2.05, 4.69) is 5.32 Å². The van der Waals surface area contributed by atoms with Crippen molar-refractivity contribution in [2.24, 2.45) is 0 Å². The molecule has 0 heterocycles. The lowest BCUT2D eigenvalue weighted by atomic mass is 10.2. The molecule has 1 unspecified atom stereocenters. The topological polar surface area (TPSA) is 49.4 Å². The number of nitrogens with zero attached hydrogens (tertiary/aromatic N) is 1. The van der Waals surface area contributed by atoms with Crippen molar-refractivity contribution in [1.29, 1.82) is 0 Å². The molecule has 1 atom stereocenters. The fourth-order valence-electron chi connectivity index (χ4n) is 1.76. The number of rotatable bonds is 7. The lowest BCUT2D eigenvalue weighted by molar-refractivity contribution is 0.461. The highest BCUT2D eigenvalue weighted by Gasteiger charge is 2.24. The van der Waals surface area contributed by atoms with E-state index in [-0.39, 0.29) is 0 Å². The molecule has 0 amide bonds. The molecule has 1 aromatic rings. The van der Waals surface area contributed by atoms with Gasteiger partial charge in [-0.1, -0.05) is 30.3 Å². The van der Waals surface area contributed by atoms with Gasteiger partial charge in [0.05, 0.1) is 5.25 Å². The van der Waals surface area contributed by atoms with Gasteiger partial charge in [-0.3, -0.25) is 0 Å². The van der Waals surface area contributed by atoms with Gasteiger partial charge in [0.2, 0.25) is 10.0 Å². The number of hydrogen-bond donors (Lipinski definition) is 1. The Balaban J connectivity index is 2.57. The van der Waals surface area contributed by atoms with E-state index in [9.17, 15) is 8.42 Å². The van der Waals surface area contributed by atoms with E-state index in [0.717, 1.165) is 12.0 Å². The lowest BCUT2D eigenvalue weighted by Crippen LogP contribution is -2.40. The Labute approximate surface area is 110 Å². The highest BCUT2D eigenvalue weighted by atomic mass is 32.2. The summed E-state index contributed by atoms with van der Waals surface area (Å²) in [6.07, 6.45) is 0.739. The van der Waals surface area contributed by atoms with Gasteiger partial charge < -0.3 is 5.32 Å². The average Bonchev–Trinajstić information content (AvgIpc) is 2.37. The van der Waals surface area contributed by atoms with Crippen molar-refractivity contribution in [1.82, 2.24) is 9.62 Å². The molecule has 0 aromatic heterocycles. The van der Waals surface area contributed by atoms with Crippen LogP contribution in [0, 0.1) is 0 Å². The van der Waals surface area contributed by atoms with E-state index in [1.165, 1.54) is 4.31 Å². The molecule has 0 radical (unpaired) electrons. The summed E-state index contributed by atoms with van der Waals surface area (Å²) in [6, 6.07) is 9.91. The van der Waals surface area contributed by atoms with Crippen LogP contribution in [0.25, 0.3) is 0 Å². The first kappa shape index (κ1) is 15.1. The van der Waals surface area contributed by atoms with Crippen LogP contribution in [0.15, 0.2) is 30.3 Å². The zero-order valence-electron chi connectivity index (χ0n) is 11.3. The first-order valence-electron chi connectivity index (χ1n) is 6.12. The van der Waals surface area contributed by atoms with Crippen molar-refractivity contribution in [3.8, 4) is 0 Å². The predicted octanol–water partition coefficient (Wildman–Crippen LogP) is 1.10. The maximum atomic E-state index is 12.1. The van der Waals surface area contributed by atoms with Gasteiger partial charge in [-0.2, -0.15) is 0 Å². The van der Waals surface area contributed by atoms with E-state index < -0.39 is 15.3 Å². The first-order chi connectivity index (χ1) is 8.48. The Morgan fingerprint density at radius 3 is 2.44 bits per heavy atom. The molecule has 0 saturated carbocycles. The van der Waals surface area contributed by atoms with Crippen LogP contribution in [0.2, 0.25) is 0 Å². The molecule has 1 aromatic carbocycles. The van der Waals surface area contributed by atoms with Crippen molar-refractivity contribution in [3.05, 3.63) is 35.9 Å². The van der Waals surface area contributed by atoms with Crippen LogP contribution in [-0.4, -0.2) is 45.2 Å². The van der Waals surface area contributed by atoms with Gasteiger partial charge in [-0.15, -0.1) is 0 Å². The van der Waals surface area contributed by atoms with Gasteiger partial charge in [-0.25, -0.2) is 12.7 Å². The summed E-state index contributed by atoms with van der Waals surface area (Å²) in [5, 5.41) is 2.50. The summed E-state index contributed by atoms with van der Waals surface area (Å²) < 4.78 is 25.7. The summed E-state index contributed by atoms with van der Waals surface area (Å²) in [6.45, 7) is 2.71. The minimum Gasteiger partial charge on any atom is -0.318 e. The summed E-state index contributed by atoms with van der Waals surface area (Å²) >= 11 is 0. The fraction of sp³-hybridized carbons (Fsp3) is 0.538. The third-order valence-electron chi connectivity index (χ3n) is 2.99. The van der Waals surface area contributed by atoms with Gasteiger partial charge in [0.15, 0.2) is 0 Å². The molecule has 18 heavy (non-hydrogen) atoms. The Morgan fingerprint density at radius 1 is 1.28 bits per heavy atom. The van der Waals surface area contributed by atoms with Crippen molar-refractivity contribution in [3.63, 3.8) is 0 Å². The zero-order valence-corrected chi connectivity index (χ0v) is 12.1. The predicted molar refractivity (Wildman–Crippen MR) is 75.1 cm³/mol.